The van der Waals surface area contributed by atoms with E-state index >= 15 is 0 Å². The standard InChI is InChI=1S/C21H34N2O5/c1-4-7-11-22-19(25)18-15-10-9-14(8-5-2)16(21(27)28-6-3)17(15)20(26)23(18)12-13-24/h9-10,14-18,24H,4-8,11-13H2,1-3H3,(H,22,25)/t14-,15+,16-,17+,18+/m1/s1. The number of allylic oxidation sites excluding steroid dienone is 1. The van der Waals surface area contributed by atoms with E-state index in [4.69, 9.17) is 4.74 Å². The number of esters is 1. The predicted molar refractivity (Wildman–Crippen MR) is 105 cm³/mol. The fourth-order valence-corrected chi connectivity index (χ4v) is 4.51. The Hall–Kier alpha value is -1.89. The van der Waals surface area contributed by atoms with Crippen LogP contribution >= 0.6 is 0 Å². The Kier molecular flexibility index (Phi) is 8.48. The molecule has 0 aromatic rings. The highest BCUT2D eigenvalue weighted by atomic mass is 16.5. The number of hydrogen-bond acceptors (Lipinski definition) is 5. The lowest BCUT2D eigenvalue weighted by atomic mass is 9.69. The van der Waals surface area contributed by atoms with Crippen molar-refractivity contribution in [1.29, 1.82) is 0 Å². The Balaban J connectivity index is 2.36. The van der Waals surface area contributed by atoms with Gasteiger partial charge in [0.05, 0.1) is 25.0 Å². The zero-order valence-corrected chi connectivity index (χ0v) is 17.2. The quantitative estimate of drug-likeness (QED) is 0.333. The number of amides is 2. The second-order valence-corrected chi connectivity index (χ2v) is 7.56. The summed E-state index contributed by atoms with van der Waals surface area (Å²) in [5.74, 6) is -2.49. The number of fused-ring (bicyclic) bond motifs is 1. The third kappa shape index (κ3) is 4.57. The molecule has 0 aromatic carbocycles. The van der Waals surface area contributed by atoms with E-state index in [2.05, 4.69) is 5.32 Å². The molecule has 5 atom stereocenters. The lowest BCUT2D eigenvalue weighted by Gasteiger charge is -2.33. The normalized spacial score (nSPS) is 28.9. The van der Waals surface area contributed by atoms with Gasteiger partial charge in [-0.1, -0.05) is 38.8 Å². The van der Waals surface area contributed by atoms with Gasteiger partial charge in [0, 0.05) is 19.0 Å². The van der Waals surface area contributed by atoms with Crippen molar-refractivity contribution in [2.24, 2.45) is 23.7 Å². The van der Waals surface area contributed by atoms with Crippen LogP contribution in [0.15, 0.2) is 12.2 Å². The SMILES string of the molecule is CCCCNC(=O)[C@@H]1[C@H]2C=C[C@@H](CCC)[C@@H](C(=O)OCC)[C@H]2C(=O)N1CCO. The Morgan fingerprint density at radius 3 is 2.57 bits per heavy atom. The van der Waals surface area contributed by atoms with Crippen LogP contribution in [0.3, 0.4) is 0 Å². The smallest absolute Gasteiger partial charge is 0.310 e. The maximum atomic E-state index is 13.2. The minimum Gasteiger partial charge on any atom is -0.466 e. The first-order chi connectivity index (χ1) is 13.5. The summed E-state index contributed by atoms with van der Waals surface area (Å²) in [4.78, 5) is 40.3. The van der Waals surface area contributed by atoms with Gasteiger partial charge in [-0.25, -0.2) is 0 Å². The molecule has 0 aromatic heterocycles. The summed E-state index contributed by atoms with van der Waals surface area (Å²) >= 11 is 0. The zero-order chi connectivity index (χ0) is 20.7. The summed E-state index contributed by atoms with van der Waals surface area (Å²) < 4.78 is 5.29. The third-order valence-corrected chi connectivity index (χ3v) is 5.73. The van der Waals surface area contributed by atoms with Crippen molar-refractivity contribution < 1.29 is 24.2 Å². The Morgan fingerprint density at radius 2 is 1.96 bits per heavy atom. The monoisotopic (exact) mass is 394 g/mol. The van der Waals surface area contributed by atoms with Crippen molar-refractivity contribution in [1.82, 2.24) is 10.2 Å². The Labute approximate surface area is 167 Å². The minimum atomic E-state index is -0.697. The first-order valence-corrected chi connectivity index (χ1v) is 10.6. The highest BCUT2D eigenvalue weighted by Gasteiger charge is 2.57. The van der Waals surface area contributed by atoms with Gasteiger partial charge in [0.1, 0.15) is 6.04 Å². The first kappa shape index (κ1) is 22.4. The lowest BCUT2D eigenvalue weighted by Crippen LogP contribution is -2.48. The summed E-state index contributed by atoms with van der Waals surface area (Å²) in [6, 6.07) is -0.697. The number of rotatable bonds is 10. The van der Waals surface area contributed by atoms with Crippen LogP contribution in [0, 0.1) is 23.7 Å². The van der Waals surface area contributed by atoms with E-state index in [9.17, 15) is 19.5 Å². The van der Waals surface area contributed by atoms with Gasteiger partial charge in [-0.05, 0) is 25.7 Å². The molecular formula is C21H34N2O5. The largest absolute Gasteiger partial charge is 0.466 e. The van der Waals surface area contributed by atoms with Gasteiger partial charge in [0.25, 0.3) is 0 Å². The molecule has 2 N–H and O–H groups in total. The molecule has 1 aliphatic carbocycles. The molecule has 1 saturated heterocycles. The predicted octanol–water partition coefficient (Wildman–Crippen LogP) is 1.50. The van der Waals surface area contributed by atoms with Crippen molar-refractivity contribution in [3.05, 3.63) is 12.2 Å². The van der Waals surface area contributed by atoms with E-state index in [1.807, 2.05) is 26.0 Å². The van der Waals surface area contributed by atoms with Gasteiger partial charge < -0.3 is 20.1 Å². The van der Waals surface area contributed by atoms with Crippen LogP contribution in [0.5, 0.6) is 0 Å². The number of aliphatic hydroxyl groups excluding tert-OH is 1. The molecule has 1 fully saturated rings. The van der Waals surface area contributed by atoms with Crippen molar-refractivity contribution in [2.75, 3.05) is 26.3 Å². The molecule has 2 amide bonds. The Morgan fingerprint density at radius 1 is 1.21 bits per heavy atom. The van der Waals surface area contributed by atoms with Crippen molar-refractivity contribution >= 4 is 17.8 Å². The maximum Gasteiger partial charge on any atom is 0.310 e. The second-order valence-electron chi connectivity index (χ2n) is 7.56. The van der Waals surface area contributed by atoms with Crippen LogP contribution in [0.4, 0.5) is 0 Å². The molecule has 0 unspecified atom stereocenters. The van der Waals surface area contributed by atoms with Crippen LogP contribution in [0.25, 0.3) is 0 Å². The number of hydrogen-bond donors (Lipinski definition) is 2. The second kappa shape index (κ2) is 10.6. The van der Waals surface area contributed by atoms with Gasteiger partial charge in [0.2, 0.25) is 11.8 Å². The van der Waals surface area contributed by atoms with E-state index in [0.29, 0.717) is 6.54 Å². The van der Waals surface area contributed by atoms with E-state index < -0.39 is 17.9 Å². The molecule has 1 heterocycles. The summed E-state index contributed by atoms with van der Waals surface area (Å²) in [5, 5.41) is 12.4. The van der Waals surface area contributed by atoms with Gasteiger partial charge in [-0.3, -0.25) is 14.4 Å². The fourth-order valence-electron chi connectivity index (χ4n) is 4.51. The lowest BCUT2D eigenvalue weighted by molar-refractivity contribution is -0.155. The van der Waals surface area contributed by atoms with Crippen molar-refractivity contribution in [2.45, 2.75) is 52.5 Å². The van der Waals surface area contributed by atoms with Gasteiger partial charge in [-0.15, -0.1) is 0 Å². The topological polar surface area (TPSA) is 95.9 Å². The number of likely N-dealkylation sites (tertiary alicyclic amines) is 1. The third-order valence-electron chi connectivity index (χ3n) is 5.73. The number of unbranched alkanes of at least 4 members (excludes halogenated alkanes) is 1. The van der Waals surface area contributed by atoms with E-state index in [1.54, 1.807) is 6.92 Å². The molecule has 7 nitrogen and oxygen atoms in total. The highest BCUT2D eigenvalue weighted by molar-refractivity contribution is 5.96. The van der Waals surface area contributed by atoms with E-state index in [0.717, 1.165) is 25.7 Å². The number of nitrogens with zero attached hydrogens (tertiary/aromatic N) is 1. The molecule has 0 radical (unpaired) electrons. The van der Waals surface area contributed by atoms with Gasteiger partial charge in [0.15, 0.2) is 0 Å². The average molecular weight is 395 g/mol. The van der Waals surface area contributed by atoms with Gasteiger partial charge in [-0.2, -0.15) is 0 Å². The summed E-state index contributed by atoms with van der Waals surface area (Å²) in [6.45, 7) is 6.50. The number of aliphatic hydroxyl groups is 1. The number of nitrogens with one attached hydrogen (secondary N) is 1. The molecule has 2 aliphatic rings. The molecule has 0 bridgehead atoms. The van der Waals surface area contributed by atoms with Gasteiger partial charge >= 0.3 is 5.97 Å². The Bertz CT molecular complexity index is 591. The maximum absolute atomic E-state index is 13.2. The minimum absolute atomic E-state index is 0.0767. The first-order valence-electron chi connectivity index (χ1n) is 10.6. The molecule has 28 heavy (non-hydrogen) atoms. The molecular weight excluding hydrogens is 360 g/mol. The number of β-amino-alcohol motifs (C(OH)–C–C–N with tert-alkyl or cyclic N) is 1. The average Bonchev–Trinajstić information content (AvgIpc) is 2.95. The van der Waals surface area contributed by atoms with Crippen LogP contribution < -0.4 is 5.32 Å². The molecule has 7 heteroatoms. The van der Waals surface area contributed by atoms with Crippen molar-refractivity contribution in [3.63, 3.8) is 0 Å². The zero-order valence-electron chi connectivity index (χ0n) is 17.2. The van der Waals surface area contributed by atoms with E-state index in [-0.39, 0.29) is 49.4 Å². The van der Waals surface area contributed by atoms with Crippen LogP contribution in [0.1, 0.15) is 46.5 Å². The van der Waals surface area contributed by atoms with E-state index in [1.165, 1.54) is 4.90 Å². The summed E-state index contributed by atoms with van der Waals surface area (Å²) in [6.07, 6.45) is 7.40. The summed E-state index contributed by atoms with van der Waals surface area (Å²) in [7, 11) is 0. The fraction of sp³-hybridized carbons (Fsp3) is 0.762. The molecule has 0 saturated carbocycles. The van der Waals surface area contributed by atoms with Crippen LogP contribution in [-0.4, -0.2) is 60.1 Å². The van der Waals surface area contributed by atoms with Crippen LogP contribution in [0.2, 0.25) is 0 Å². The summed E-state index contributed by atoms with van der Waals surface area (Å²) in [5.41, 5.74) is 0. The number of carbonyl (C=O) groups is 3. The highest BCUT2D eigenvalue weighted by Crippen LogP contribution is 2.45. The molecule has 0 spiro atoms. The molecule has 1 aliphatic heterocycles. The molecule has 158 valence electrons. The van der Waals surface area contributed by atoms with Crippen LogP contribution in [-0.2, 0) is 19.1 Å². The number of carbonyl (C=O) groups excluding carboxylic acids is 3. The number of ether oxygens (including phenoxy) is 1. The van der Waals surface area contributed by atoms with Crippen molar-refractivity contribution in [3.8, 4) is 0 Å². The molecule has 2 rings (SSSR count).